The molecule has 3 rings (SSSR count). The lowest BCUT2D eigenvalue weighted by Gasteiger charge is -2.29. The minimum absolute atomic E-state index is 0.0379. The number of sulfonamides is 1. The molecule has 2 aliphatic rings. The predicted molar refractivity (Wildman–Crippen MR) is 106 cm³/mol. The molecule has 1 aromatic carbocycles. The molecule has 2 fully saturated rings. The van der Waals surface area contributed by atoms with E-state index in [2.05, 4.69) is 5.32 Å². The molecule has 0 radical (unpaired) electrons. The summed E-state index contributed by atoms with van der Waals surface area (Å²) in [5.74, 6) is 0.402. The van der Waals surface area contributed by atoms with Gasteiger partial charge in [0.05, 0.1) is 19.0 Å². The molecule has 2 saturated heterocycles. The summed E-state index contributed by atoms with van der Waals surface area (Å²) in [7, 11) is -1.83. The first-order valence-electron chi connectivity index (χ1n) is 9.73. The van der Waals surface area contributed by atoms with Gasteiger partial charge in [-0.15, -0.1) is 0 Å². The molecule has 156 valence electrons. The number of methoxy groups -OCH3 is 1. The van der Waals surface area contributed by atoms with Gasteiger partial charge in [-0.1, -0.05) is 0 Å². The van der Waals surface area contributed by atoms with Crippen LogP contribution in [0.5, 0.6) is 5.75 Å². The first-order valence-corrected chi connectivity index (χ1v) is 11.3. The van der Waals surface area contributed by atoms with Gasteiger partial charge >= 0.3 is 0 Å². The van der Waals surface area contributed by atoms with Gasteiger partial charge in [0.25, 0.3) is 5.91 Å². The Hall–Kier alpha value is -1.68. The van der Waals surface area contributed by atoms with Crippen molar-refractivity contribution >= 4 is 15.9 Å². The van der Waals surface area contributed by atoms with Crippen LogP contribution in [-0.2, 0) is 14.8 Å². The van der Waals surface area contributed by atoms with Crippen LogP contribution in [0.25, 0.3) is 0 Å². The zero-order chi connectivity index (χ0) is 20.0. The summed E-state index contributed by atoms with van der Waals surface area (Å²) in [5.41, 5.74) is 0.512. The summed E-state index contributed by atoms with van der Waals surface area (Å²) in [6, 6.07) is 6.87. The molecular formula is C19H29N3O5S. The van der Waals surface area contributed by atoms with Crippen LogP contribution in [-0.4, -0.2) is 88.4 Å². The molecule has 0 aliphatic carbocycles. The van der Waals surface area contributed by atoms with Gasteiger partial charge in [-0.05, 0) is 37.1 Å². The maximum Gasteiger partial charge on any atom is 0.253 e. The molecular weight excluding hydrogens is 382 g/mol. The Kier molecular flexibility index (Phi) is 7.28. The predicted octanol–water partition coefficient (Wildman–Crippen LogP) is 0.551. The molecule has 0 aromatic heterocycles. The van der Waals surface area contributed by atoms with E-state index in [1.54, 1.807) is 36.3 Å². The Morgan fingerprint density at radius 2 is 2.00 bits per heavy atom. The van der Waals surface area contributed by atoms with E-state index in [0.29, 0.717) is 50.6 Å². The minimum Gasteiger partial charge on any atom is -0.497 e. The van der Waals surface area contributed by atoms with E-state index >= 15 is 0 Å². The SMILES string of the molecule is COc1ccc(C(=O)N(CCS(=O)(=O)N2CCNCC2)C[C@@H]2CCCO2)cc1. The van der Waals surface area contributed by atoms with Crippen LogP contribution in [0, 0.1) is 0 Å². The fourth-order valence-electron chi connectivity index (χ4n) is 3.50. The van der Waals surface area contributed by atoms with Crippen molar-refractivity contribution in [2.24, 2.45) is 0 Å². The van der Waals surface area contributed by atoms with Gasteiger partial charge < -0.3 is 19.7 Å². The van der Waals surface area contributed by atoms with Crippen LogP contribution in [0.3, 0.4) is 0 Å². The van der Waals surface area contributed by atoms with Crippen molar-refractivity contribution < 1.29 is 22.7 Å². The van der Waals surface area contributed by atoms with Gasteiger partial charge in [0.2, 0.25) is 10.0 Å². The Bertz CT molecular complexity index is 741. The van der Waals surface area contributed by atoms with Crippen LogP contribution in [0.15, 0.2) is 24.3 Å². The van der Waals surface area contributed by atoms with Gasteiger partial charge in [0.1, 0.15) is 5.75 Å². The summed E-state index contributed by atoms with van der Waals surface area (Å²) in [5, 5.41) is 3.15. The Balaban J connectivity index is 1.69. The van der Waals surface area contributed by atoms with Crippen molar-refractivity contribution in [3.63, 3.8) is 0 Å². The van der Waals surface area contributed by atoms with Crippen LogP contribution in [0.1, 0.15) is 23.2 Å². The number of rotatable bonds is 8. The molecule has 0 bridgehead atoms. The third-order valence-corrected chi connectivity index (χ3v) is 7.01. The van der Waals surface area contributed by atoms with Crippen LogP contribution in [0.2, 0.25) is 0 Å². The molecule has 2 heterocycles. The molecule has 28 heavy (non-hydrogen) atoms. The molecule has 1 aromatic rings. The first-order chi connectivity index (χ1) is 13.5. The fourth-order valence-corrected chi connectivity index (χ4v) is 4.95. The lowest BCUT2D eigenvalue weighted by molar-refractivity contribution is 0.0540. The van der Waals surface area contributed by atoms with Crippen molar-refractivity contribution in [2.75, 3.05) is 58.7 Å². The van der Waals surface area contributed by atoms with Gasteiger partial charge in [0, 0.05) is 51.4 Å². The van der Waals surface area contributed by atoms with Crippen LogP contribution >= 0.6 is 0 Å². The highest BCUT2D eigenvalue weighted by atomic mass is 32.2. The zero-order valence-corrected chi connectivity index (χ0v) is 17.1. The fraction of sp³-hybridized carbons (Fsp3) is 0.632. The van der Waals surface area contributed by atoms with Gasteiger partial charge in [-0.3, -0.25) is 4.79 Å². The average molecular weight is 412 g/mol. The van der Waals surface area contributed by atoms with Crippen molar-refractivity contribution in [3.05, 3.63) is 29.8 Å². The van der Waals surface area contributed by atoms with E-state index < -0.39 is 10.0 Å². The quantitative estimate of drug-likeness (QED) is 0.672. The highest BCUT2D eigenvalue weighted by molar-refractivity contribution is 7.89. The standard InChI is InChI=1S/C19H29N3O5S/c1-26-17-6-4-16(5-7-17)19(23)21(15-18-3-2-13-27-18)12-14-28(24,25)22-10-8-20-9-11-22/h4-7,18,20H,2-3,8-15H2,1H3/t18-/m0/s1. The van der Waals surface area contributed by atoms with Crippen LogP contribution in [0.4, 0.5) is 0 Å². The number of hydrogen-bond donors (Lipinski definition) is 1. The van der Waals surface area contributed by atoms with E-state index in [0.717, 1.165) is 12.8 Å². The second kappa shape index (κ2) is 9.69. The molecule has 2 aliphatic heterocycles. The van der Waals surface area contributed by atoms with E-state index in [1.165, 1.54) is 4.31 Å². The molecule has 0 spiro atoms. The Morgan fingerprint density at radius 1 is 1.29 bits per heavy atom. The number of benzene rings is 1. The number of piperazine rings is 1. The highest BCUT2D eigenvalue weighted by Gasteiger charge is 2.28. The number of amides is 1. The van der Waals surface area contributed by atoms with Crippen molar-refractivity contribution in [2.45, 2.75) is 18.9 Å². The lowest BCUT2D eigenvalue weighted by atomic mass is 10.1. The van der Waals surface area contributed by atoms with Gasteiger partial charge in [0.15, 0.2) is 0 Å². The van der Waals surface area contributed by atoms with E-state index in [-0.39, 0.29) is 24.3 Å². The summed E-state index contributed by atoms with van der Waals surface area (Å²) in [6.07, 6.45) is 1.81. The highest BCUT2D eigenvalue weighted by Crippen LogP contribution is 2.17. The molecule has 9 heteroatoms. The van der Waals surface area contributed by atoms with E-state index in [9.17, 15) is 13.2 Å². The minimum atomic E-state index is -3.40. The van der Waals surface area contributed by atoms with Crippen molar-refractivity contribution in [3.8, 4) is 5.75 Å². The number of ether oxygens (including phenoxy) is 2. The Morgan fingerprint density at radius 3 is 2.61 bits per heavy atom. The molecule has 1 amide bonds. The van der Waals surface area contributed by atoms with Crippen molar-refractivity contribution in [1.82, 2.24) is 14.5 Å². The normalized spacial score (nSPS) is 20.8. The summed E-state index contributed by atoms with van der Waals surface area (Å²) in [6.45, 7) is 3.50. The smallest absolute Gasteiger partial charge is 0.253 e. The largest absolute Gasteiger partial charge is 0.497 e. The topological polar surface area (TPSA) is 88.2 Å². The number of hydrogen-bond acceptors (Lipinski definition) is 6. The maximum absolute atomic E-state index is 13.0. The first kappa shape index (κ1) is 21.0. The third kappa shape index (κ3) is 5.44. The monoisotopic (exact) mass is 411 g/mol. The summed E-state index contributed by atoms with van der Waals surface area (Å²) >= 11 is 0. The van der Waals surface area contributed by atoms with E-state index in [1.807, 2.05) is 0 Å². The molecule has 0 unspecified atom stereocenters. The second-order valence-electron chi connectivity index (χ2n) is 7.08. The molecule has 1 atom stereocenters. The number of nitrogens with one attached hydrogen (secondary N) is 1. The number of carbonyl (C=O) groups excluding carboxylic acids is 1. The molecule has 1 N–H and O–H groups in total. The lowest BCUT2D eigenvalue weighted by Crippen LogP contribution is -2.49. The van der Waals surface area contributed by atoms with Crippen LogP contribution < -0.4 is 10.1 Å². The Labute approximate surface area is 166 Å². The summed E-state index contributed by atoms with van der Waals surface area (Å²) in [4.78, 5) is 14.6. The van der Waals surface area contributed by atoms with E-state index in [4.69, 9.17) is 9.47 Å². The summed E-state index contributed by atoms with van der Waals surface area (Å²) < 4.78 is 37.7. The molecule has 8 nitrogen and oxygen atoms in total. The maximum atomic E-state index is 13.0. The number of carbonyl (C=O) groups is 1. The van der Waals surface area contributed by atoms with Crippen molar-refractivity contribution in [1.29, 1.82) is 0 Å². The van der Waals surface area contributed by atoms with Gasteiger partial charge in [-0.2, -0.15) is 4.31 Å². The second-order valence-corrected chi connectivity index (χ2v) is 9.17. The number of nitrogens with zero attached hydrogens (tertiary/aromatic N) is 2. The zero-order valence-electron chi connectivity index (χ0n) is 16.3. The third-order valence-electron chi connectivity index (χ3n) is 5.16. The van der Waals surface area contributed by atoms with Gasteiger partial charge in [-0.25, -0.2) is 8.42 Å². The molecule has 0 saturated carbocycles. The average Bonchev–Trinajstić information content (AvgIpc) is 3.24.